The number of hydrogen-bond acceptors (Lipinski definition) is 6. The average molecular weight is 252 g/mol. The Labute approximate surface area is 102 Å². The number of thiazole rings is 1. The van der Waals surface area contributed by atoms with Gasteiger partial charge in [-0.3, -0.25) is 10.4 Å². The summed E-state index contributed by atoms with van der Waals surface area (Å²) in [6.07, 6.45) is -0.571. The summed E-state index contributed by atoms with van der Waals surface area (Å²) in [7, 11) is 0. The highest BCUT2D eigenvalue weighted by atomic mass is 32.1. The number of aryl methyl sites for hydroxylation is 1. The van der Waals surface area contributed by atoms with Gasteiger partial charge in [-0.2, -0.15) is 0 Å². The SMILES string of the molecule is Cc1ncsc1C(ON(O)O)c1ccccc1. The van der Waals surface area contributed by atoms with Crippen LogP contribution < -0.4 is 0 Å². The van der Waals surface area contributed by atoms with E-state index in [9.17, 15) is 0 Å². The maximum absolute atomic E-state index is 8.82. The van der Waals surface area contributed by atoms with Gasteiger partial charge in [-0.1, -0.05) is 30.3 Å². The van der Waals surface area contributed by atoms with Crippen molar-refractivity contribution in [1.29, 1.82) is 0 Å². The molecule has 6 heteroatoms. The van der Waals surface area contributed by atoms with Crippen molar-refractivity contribution in [2.45, 2.75) is 13.0 Å². The van der Waals surface area contributed by atoms with Crippen molar-refractivity contribution in [3.8, 4) is 0 Å². The van der Waals surface area contributed by atoms with Crippen LogP contribution in [0, 0.1) is 6.92 Å². The third-order valence-corrected chi connectivity index (χ3v) is 3.30. The van der Waals surface area contributed by atoms with E-state index in [1.807, 2.05) is 37.3 Å². The predicted octanol–water partition coefficient (Wildman–Crippen LogP) is 2.55. The molecular formula is C11H12N2O3S. The molecule has 0 aliphatic carbocycles. The molecule has 0 fully saturated rings. The molecule has 0 bridgehead atoms. The highest BCUT2D eigenvalue weighted by molar-refractivity contribution is 7.09. The minimum Gasteiger partial charge on any atom is -0.266 e. The van der Waals surface area contributed by atoms with Crippen LogP contribution in [0.4, 0.5) is 0 Å². The summed E-state index contributed by atoms with van der Waals surface area (Å²) in [5.41, 5.74) is 3.34. The molecule has 0 aliphatic heterocycles. The van der Waals surface area contributed by atoms with Gasteiger partial charge in [0.05, 0.1) is 21.5 Å². The van der Waals surface area contributed by atoms with E-state index in [0.29, 0.717) is 0 Å². The molecule has 0 aliphatic rings. The second-order valence-electron chi connectivity index (χ2n) is 3.45. The summed E-state index contributed by atoms with van der Waals surface area (Å²) in [6, 6.07) is 9.32. The Morgan fingerprint density at radius 2 is 2.00 bits per heavy atom. The van der Waals surface area contributed by atoms with Crippen LogP contribution >= 0.6 is 11.3 Å². The summed E-state index contributed by atoms with van der Waals surface area (Å²) in [4.78, 5) is 9.94. The smallest absolute Gasteiger partial charge is 0.145 e. The fourth-order valence-corrected chi connectivity index (χ4v) is 2.40. The van der Waals surface area contributed by atoms with Crippen molar-refractivity contribution < 1.29 is 15.3 Å². The van der Waals surface area contributed by atoms with E-state index < -0.39 is 6.10 Å². The molecule has 0 radical (unpaired) electrons. The predicted molar refractivity (Wildman–Crippen MR) is 61.6 cm³/mol. The van der Waals surface area contributed by atoms with E-state index in [0.717, 1.165) is 16.1 Å². The Hall–Kier alpha value is -1.31. The minimum atomic E-state index is -0.571. The average Bonchev–Trinajstić information content (AvgIpc) is 2.73. The molecule has 1 aromatic heterocycles. The van der Waals surface area contributed by atoms with Gasteiger partial charge < -0.3 is 0 Å². The van der Waals surface area contributed by atoms with Crippen LogP contribution in [0.2, 0.25) is 0 Å². The van der Waals surface area contributed by atoms with Gasteiger partial charge in [0, 0.05) is 0 Å². The van der Waals surface area contributed by atoms with Crippen LogP contribution in [0.3, 0.4) is 0 Å². The minimum absolute atomic E-state index is 0.267. The zero-order chi connectivity index (χ0) is 12.3. The van der Waals surface area contributed by atoms with E-state index in [2.05, 4.69) is 4.98 Å². The molecule has 0 saturated heterocycles. The lowest BCUT2D eigenvalue weighted by Crippen LogP contribution is -2.19. The summed E-state index contributed by atoms with van der Waals surface area (Å²) in [6.45, 7) is 1.85. The molecule has 17 heavy (non-hydrogen) atoms. The van der Waals surface area contributed by atoms with Crippen LogP contribution in [0.15, 0.2) is 35.8 Å². The van der Waals surface area contributed by atoms with Crippen molar-refractivity contribution in [3.05, 3.63) is 52.0 Å². The van der Waals surface area contributed by atoms with E-state index >= 15 is 0 Å². The lowest BCUT2D eigenvalue weighted by molar-refractivity contribution is -0.503. The summed E-state index contributed by atoms with van der Waals surface area (Å²) in [5.74, 6) is 0. The second kappa shape index (κ2) is 5.35. The third-order valence-electron chi connectivity index (χ3n) is 2.32. The monoisotopic (exact) mass is 252 g/mol. The topological polar surface area (TPSA) is 65.8 Å². The first-order valence-electron chi connectivity index (χ1n) is 4.98. The van der Waals surface area contributed by atoms with Crippen molar-refractivity contribution in [3.63, 3.8) is 0 Å². The van der Waals surface area contributed by atoms with Gasteiger partial charge in [0.15, 0.2) is 0 Å². The summed E-state index contributed by atoms with van der Waals surface area (Å²) >= 11 is 1.41. The fourth-order valence-electron chi connectivity index (χ4n) is 1.54. The Bertz CT molecular complexity index is 473. The van der Waals surface area contributed by atoms with Gasteiger partial charge in [0.1, 0.15) is 6.10 Å². The zero-order valence-electron chi connectivity index (χ0n) is 9.15. The van der Waals surface area contributed by atoms with E-state index in [4.69, 9.17) is 15.3 Å². The molecule has 1 atom stereocenters. The number of benzene rings is 1. The van der Waals surface area contributed by atoms with E-state index in [1.165, 1.54) is 11.3 Å². The number of aromatic nitrogens is 1. The molecule has 0 amide bonds. The van der Waals surface area contributed by atoms with Crippen molar-refractivity contribution in [2.75, 3.05) is 0 Å². The Morgan fingerprint density at radius 3 is 2.53 bits per heavy atom. The normalized spacial score (nSPS) is 12.9. The molecule has 2 N–H and O–H groups in total. The molecule has 1 aromatic carbocycles. The first kappa shape index (κ1) is 12.2. The lowest BCUT2D eigenvalue weighted by Gasteiger charge is -2.18. The standard InChI is InChI=1S/C11H12N2O3S/c1-8-11(17-7-12-8)10(16-13(14)15)9-5-3-2-4-6-9/h2-7,10,14-15H,1H3. The number of nitrogens with zero attached hydrogens (tertiary/aromatic N) is 2. The maximum atomic E-state index is 8.82. The highest BCUT2D eigenvalue weighted by Gasteiger charge is 2.21. The van der Waals surface area contributed by atoms with Crippen LogP contribution in [0.1, 0.15) is 22.2 Å². The zero-order valence-corrected chi connectivity index (χ0v) is 9.96. The quantitative estimate of drug-likeness (QED) is 0.819. The molecule has 1 unspecified atom stereocenters. The Kier molecular flexibility index (Phi) is 3.82. The first-order chi connectivity index (χ1) is 8.18. The lowest BCUT2D eigenvalue weighted by atomic mass is 10.1. The molecule has 2 rings (SSSR count). The second-order valence-corrected chi connectivity index (χ2v) is 4.34. The van der Waals surface area contributed by atoms with E-state index in [-0.39, 0.29) is 5.39 Å². The van der Waals surface area contributed by atoms with Gasteiger partial charge in [0.2, 0.25) is 0 Å². The van der Waals surface area contributed by atoms with Crippen molar-refractivity contribution >= 4 is 11.3 Å². The summed E-state index contributed by atoms with van der Waals surface area (Å²) < 4.78 is 0. The maximum Gasteiger partial charge on any atom is 0.145 e. The van der Waals surface area contributed by atoms with Gasteiger partial charge in [-0.25, -0.2) is 9.82 Å². The van der Waals surface area contributed by atoms with Crippen LogP contribution in [0.25, 0.3) is 0 Å². The molecular weight excluding hydrogens is 240 g/mol. The molecule has 5 nitrogen and oxygen atoms in total. The molecule has 2 aromatic rings. The van der Waals surface area contributed by atoms with Gasteiger partial charge in [0.25, 0.3) is 0 Å². The van der Waals surface area contributed by atoms with Crippen LogP contribution in [-0.4, -0.2) is 20.8 Å². The van der Waals surface area contributed by atoms with Gasteiger partial charge in [-0.15, -0.1) is 11.3 Å². The number of rotatable bonds is 4. The molecule has 0 saturated carbocycles. The fraction of sp³-hybridized carbons (Fsp3) is 0.182. The van der Waals surface area contributed by atoms with Gasteiger partial charge >= 0.3 is 0 Å². The molecule has 1 heterocycles. The van der Waals surface area contributed by atoms with Crippen LogP contribution in [0.5, 0.6) is 0 Å². The largest absolute Gasteiger partial charge is 0.266 e. The van der Waals surface area contributed by atoms with Gasteiger partial charge in [-0.05, 0) is 12.5 Å². The van der Waals surface area contributed by atoms with E-state index in [1.54, 1.807) is 5.51 Å². The highest BCUT2D eigenvalue weighted by Crippen LogP contribution is 2.31. The third kappa shape index (κ3) is 2.87. The van der Waals surface area contributed by atoms with Crippen molar-refractivity contribution in [1.82, 2.24) is 10.4 Å². The molecule has 0 spiro atoms. The van der Waals surface area contributed by atoms with Crippen LogP contribution in [-0.2, 0) is 4.84 Å². The Morgan fingerprint density at radius 1 is 1.29 bits per heavy atom. The first-order valence-corrected chi connectivity index (χ1v) is 5.86. The van der Waals surface area contributed by atoms with Crippen molar-refractivity contribution in [2.24, 2.45) is 0 Å². The summed E-state index contributed by atoms with van der Waals surface area (Å²) in [5, 5.41) is 17.4. The molecule has 90 valence electrons. The Balaban J connectivity index is 2.36. The number of hydrogen-bond donors (Lipinski definition) is 2.